The van der Waals surface area contributed by atoms with E-state index in [0.29, 0.717) is 17.1 Å². The van der Waals surface area contributed by atoms with Gasteiger partial charge in [-0.15, -0.1) is 5.10 Å². The monoisotopic (exact) mass is 369 g/mol. The zero-order valence-corrected chi connectivity index (χ0v) is 15.2. The standard InChI is InChI=1S/C21H15N5O2/c1-13-11-14(2)26-21(23-13)24-19(25-26)20(27)28-18-9-7-17(8-10-18)16-5-3-15(12-22)4-6-16/h3-11H,1-2H3. The first-order chi connectivity index (χ1) is 13.5. The number of hydrogen-bond acceptors (Lipinski definition) is 6. The molecule has 0 saturated heterocycles. The van der Waals surface area contributed by atoms with Crippen LogP contribution in [0.15, 0.2) is 54.6 Å². The Balaban J connectivity index is 1.53. The van der Waals surface area contributed by atoms with Crippen LogP contribution in [0.25, 0.3) is 16.9 Å². The van der Waals surface area contributed by atoms with Gasteiger partial charge in [-0.2, -0.15) is 10.2 Å². The molecule has 0 aliphatic carbocycles. The largest absolute Gasteiger partial charge is 0.421 e. The summed E-state index contributed by atoms with van der Waals surface area (Å²) in [6.07, 6.45) is 0. The lowest BCUT2D eigenvalue weighted by atomic mass is 10.0. The van der Waals surface area contributed by atoms with Crippen LogP contribution in [-0.2, 0) is 0 Å². The van der Waals surface area contributed by atoms with Crippen molar-refractivity contribution in [1.29, 1.82) is 5.26 Å². The molecule has 0 unspecified atom stereocenters. The summed E-state index contributed by atoms with van der Waals surface area (Å²) in [7, 11) is 0. The molecule has 0 aliphatic heterocycles. The predicted molar refractivity (Wildman–Crippen MR) is 102 cm³/mol. The van der Waals surface area contributed by atoms with Crippen LogP contribution in [0, 0.1) is 25.2 Å². The fraction of sp³-hybridized carbons (Fsp3) is 0.0952. The van der Waals surface area contributed by atoms with Crippen molar-refractivity contribution < 1.29 is 9.53 Å². The molecule has 0 N–H and O–H groups in total. The maximum Gasteiger partial charge on any atom is 0.383 e. The van der Waals surface area contributed by atoms with Gasteiger partial charge in [0.05, 0.1) is 11.6 Å². The number of aromatic nitrogens is 4. The highest BCUT2D eigenvalue weighted by Crippen LogP contribution is 2.23. The average Bonchev–Trinajstić information content (AvgIpc) is 3.13. The number of ether oxygens (including phenoxy) is 1. The molecule has 0 spiro atoms. The van der Waals surface area contributed by atoms with Gasteiger partial charge in [-0.25, -0.2) is 14.3 Å². The predicted octanol–water partition coefficient (Wildman–Crippen LogP) is 3.50. The van der Waals surface area contributed by atoms with E-state index in [1.54, 1.807) is 24.3 Å². The molecule has 0 amide bonds. The molecule has 28 heavy (non-hydrogen) atoms. The quantitative estimate of drug-likeness (QED) is 0.405. The second-order valence-corrected chi connectivity index (χ2v) is 6.29. The highest BCUT2D eigenvalue weighted by atomic mass is 16.5. The molecule has 7 heteroatoms. The molecule has 0 atom stereocenters. The fourth-order valence-electron chi connectivity index (χ4n) is 2.86. The molecule has 2 aromatic heterocycles. The first kappa shape index (κ1) is 17.4. The summed E-state index contributed by atoms with van der Waals surface area (Å²) in [4.78, 5) is 20.8. The maximum atomic E-state index is 12.4. The lowest BCUT2D eigenvalue weighted by Crippen LogP contribution is -2.10. The molecule has 2 heterocycles. The lowest BCUT2D eigenvalue weighted by molar-refractivity contribution is 0.0722. The van der Waals surface area contributed by atoms with Gasteiger partial charge < -0.3 is 4.74 Å². The minimum absolute atomic E-state index is 0.0441. The minimum atomic E-state index is -0.645. The van der Waals surface area contributed by atoms with E-state index in [4.69, 9.17) is 10.00 Å². The maximum absolute atomic E-state index is 12.4. The van der Waals surface area contributed by atoms with Crippen LogP contribution >= 0.6 is 0 Å². The topological polar surface area (TPSA) is 93.2 Å². The number of esters is 1. The van der Waals surface area contributed by atoms with Crippen LogP contribution in [0.3, 0.4) is 0 Å². The highest BCUT2D eigenvalue weighted by molar-refractivity contribution is 5.87. The van der Waals surface area contributed by atoms with Gasteiger partial charge in [-0.1, -0.05) is 24.3 Å². The summed E-state index contributed by atoms with van der Waals surface area (Å²) in [6.45, 7) is 3.72. The van der Waals surface area contributed by atoms with Crippen molar-refractivity contribution >= 4 is 11.7 Å². The van der Waals surface area contributed by atoms with E-state index in [-0.39, 0.29) is 5.82 Å². The summed E-state index contributed by atoms with van der Waals surface area (Å²) in [5.74, 6) is 0.0637. The van der Waals surface area contributed by atoms with E-state index in [1.165, 1.54) is 4.52 Å². The van der Waals surface area contributed by atoms with E-state index >= 15 is 0 Å². The smallest absolute Gasteiger partial charge is 0.383 e. The van der Waals surface area contributed by atoms with E-state index in [1.807, 2.05) is 44.2 Å². The Morgan fingerprint density at radius 2 is 1.64 bits per heavy atom. The van der Waals surface area contributed by atoms with Crippen LogP contribution in [-0.4, -0.2) is 25.6 Å². The fourth-order valence-corrected chi connectivity index (χ4v) is 2.86. The number of nitrogens with zero attached hydrogens (tertiary/aromatic N) is 5. The zero-order valence-electron chi connectivity index (χ0n) is 15.2. The van der Waals surface area contributed by atoms with Crippen molar-refractivity contribution in [3.05, 3.63) is 77.4 Å². The van der Waals surface area contributed by atoms with Crippen LogP contribution in [0.5, 0.6) is 5.75 Å². The number of rotatable bonds is 3. The number of benzene rings is 2. The average molecular weight is 369 g/mol. The Bertz CT molecular complexity index is 1220. The van der Waals surface area contributed by atoms with Gasteiger partial charge in [0.1, 0.15) is 5.75 Å². The molecule has 0 bridgehead atoms. The van der Waals surface area contributed by atoms with Gasteiger partial charge in [0.25, 0.3) is 11.6 Å². The Morgan fingerprint density at radius 3 is 2.29 bits per heavy atom. The zero-order chi connectivity index (χ0) is 19.7. The summed E-state index contributed by atoms with van der Waals surface area (Å²) >= 11 is 0. The third-order valence-corrected chi connectivity index (χ3v) is 4.21. The van der Waals surface area contributed by atoms with Crippen LogP contribution in [0.1, 0.15) is 27.6 Å². The van der Waals surface area contributed by atoms with Crippen LogP contribution < -0.4 is 4.74 Å². The van der Waals surface area contributed by atoms with E-state index < -0.39 is 5.97 Å². The van der Waals surface area contributed by atoms with Gasteiger partial charge in [0, 0.05) is 11.4 Å². The van der Waals surface area contributed by atoms with E-state index in [0.717, 1.165) is 22.5 Å². The third-order valence-electron chi connectivity index (χ3n) is 4.21. The molecule has 4 rings (SSSR count). The lowest BCUT2D eigenvalue weighted by Gasteiger charge is -2.05. The molecule has 0 radical (unpaired) electrons. The van der Waals surface area contributed by atoms with Gasteiger partial charge in [-0.05, 0) is 55.3 Å². The molecular formula is C21H15N5O2. The summed E-state index contributed by atoms with van der Waals surface area (Å²) < 4.78 is 6.89. The van der Waals surface area contributed by atoms with E-state index in [9.17, 15) is 4.79 Å². The van der Waals surface area contributed by atoms with Crippen LogP contribution in [0.4, 0.5) is 0 Å². The van der Waals surface area contributed by atoms with Crippen molar-refractivity contribution in [2.24, 2.45) is 0 Å². The van der Waals surface area contributed by atoms with Crippen molar-refractivity contribution in [3.63, 3.8) is 0 Å². The molecule has 0 saturated carbocycles. The van der Waals surface area contributed by atoms with Crippen LogP contribution in [0.2, 0.25) is 0 Å². The van der Waals surface area contributed by atoms with Gasteiger partial charge in [0.15, 0.2) is 0 Å². The summed E-state index contributed by atoms with van der Waals surface area (Å²) in [5.41, 5.74) is 4.16. The van der Waals surface area contributed by atoms with Gasteiger partial charge in [0.2, 0.25) is 0 Å². The third kappa shape index (κ3) is 3.31. The molecule has 7 nitrogen and oxygen atoms in total. The van der Waals surface area contributed by atoms with Gasteiger partial charge in [-0.3, -0.25) is 0 Å². The Morgan fingerprint density at radius 1 is 1.00 bits per heavy atom. The van der Waals surface area contributed by atoms with E-state index in [2.05, 4.69) is 21.1 Å². The van der Waals surface area contributed by atoms with Crippen molar-refractivity contribution in [2.45, 2.75) is 13.8 Å². The van der Waals surface area contributed by atoms with Crippen molar-refractivity contribution in [1.82, 2.24) is 19.6 Å². The molecule has 0 fully saturated rings. The molecular weight excluding hydrogens is 354 g/mol. The normalized spacial score (nSPS) is 10.6. The second kappa shape index (κ2) is 6.93. The minimum Gasteiger partial charge on any atom is -0.421 e. The molecule has 136 valence electrons. The number of carbonyl (C=O) groups is 1. The Labute approximate surface area is 160 Å². The number of carbonyl (C=O) groups excluding carboxylic acids is 1. The SMILES string of the molecule is Cc1cc(C)n2nc(C(=O)Oc3ccc(-c4ccc(C#N)cc4)cc3)nc2n1. The first-order valence-electron chi connectivity index (χ1n) is 8.57. The summed E-state index contributed by atoms with van der Waals surface area (Å²) in [6, 6.07) is 18.3. The number of nitriles is 1. The second-order valence-electron chi connectivity index (χ2n) is 6.29. The molecule has 2 aromatic carbocycles. The Hall–Kier alpha value is -4.05. The highest BCUT2D eigenvalue weighted by Gasteiger charge is 2.17. The molecule has 4 aromatic rings. The number of hydrogen-bond donors (Lipinski definition) is 0. The van der Waals surface area contributed by atoms with Gasteiger partial charge >= 0.3 is 5.97 Å². The molecule has 0 aliphatic rings. The van der Waals surface area contributed by atoms with Crippen molar-refractivity contribution in [3.8, 4) is 22.9 Å². The Kier molecular flexibility index (Phi) is 4.30. The number of fused-ring (bicyclic) bond motifs is 1. The number of aryl methyl sites for hydroxylation is 2. The van der Waals surface area contributed by atoms with Crippen molar-refractivity contribution in [2.75, 3.05) is 0 Å². The first-order valence-corrected chi connectivity index (χ1v) is 8.57. The summed E-state index contributed by atoms with van der Waals surface area (Å²) in [5, 5.41) is 13.0.